The van der Waals surface area contributed by atoms with Crippen molar-refractivity contribution in [2.75, 3.05) is 13.7 Å². The van der Waals surface area contributed by atoms with Gasteiger partial charge in [0.25, 0.3) is 0 Å². The van der Waals surface area contributed by atoms with E-state index in [0.29, 0.717) is 42.8 Å². The lowest BCUT2D eigenvalue weighted by Gasteiger charge is -2.15. The zero-order valence-electron chi connectivity index (χ0n) is 24.3. The van der Waals surface area contributed by atoms with Crippen LogP contribution in [-0.4, -0.2) is 25.8 Å². The summed E-state index contributed by atoms with van der Waals surface area (Å²) in [5.41, 5.74) is 6.34. The number of hydrogen-bond donors (Lipinski definition) is 1. The Morgan fingerprint density at radius 2 is 1.44 bits per heavy atom. The number of benzene rings is 5. The number of methoxy groups -OCH3 is 1. The van der Waals surface area contributed by atoms with E-state index >= 15 is 0 Å². The Balaban J connectivity index is 1.18. The molecule has 7 nitrogen and oxygen atoms in total. The van der Waals surface area contributed by atoms with Gasteiger partial charge in [-0.3, -0.25) is 4.79 Å². The molecule has 218 valence electrons. The summed E-state index contributed by atoms with van der Waals surface area (Å²) in [6.45, 7) is 3.23. The van der Waals surface area contributed by atoms with Crippen molar-refractivity contribution in [3.05, 3.63) is 131 Å². The van der Waals surface area contributed by atoms with E-state index in [4.69, 9.17) is 18.9 Å². The number of carbonyl (C=O) groups excluding carboxylic acids is 1. The van der Waals surface area contributed by atoms with Gasteiger partial charge in [0.1, 0.15) is 13.2 Å². The van der Waals surface area contributed by atoms with E-state index in [0.717, 1.165) is 33.0 Å². The first-order valence-corrected chi connectivity index (χ1v) is 14.1. The van der Waals surface area contributed by atoms with Crippen molar-refractivity contribution in [2.24, 2.45) is 5.10 Å². The molecule has 0 aliphatic heterocycles. The fraction of sp³-hybridized carbons (Fsp3) is 0.167. The summed E-state index contributed by atoms with van der Waals surface area (Å²) in [6.07, 6.45) is 1.82. The zero-order valence-corrected chi connectivity index (χ0v) is 24.3. The number of hydrazone groups is 1. The van der Waals surface area contributed by atoms with Gasteiger partial charge in [0.2, 0.25) is 5.91 Å². The van der Waals surface area contributed by atoms with Gasteiger partial charge < -0.3 is 18.9 Å². The highest BCUT2D eigenvalue weighted by molar-refractivity contribution is 5.90. The van der Waals surface area contributed by atoms with E-state index < -0.39 is 0 Å². The van der Waals surface area contributed by atoms with Crippen LogP contribution >= 0.6 is 0 Å². The predicted molar refractivity (Wildman–Crippen MR) is 169 cm³/mol. The van der Waals surface area contributed by atoms with Crippen LogP contribution in [0.1, 0.15) is 29.2 Å². The number of nitrogens with zero attached hydrogens (tertiary/aromatic N) is 1. The highest BCUT2D eigenvalue weighted by atomic mass is 16.5. The summed E-state index contributed by atoms with van der Waals surface area (Å²) in [6, 6.07) is 35.2. The number of ether oxygens (including phenoxy) is 4. The molecule has 5 aromatic carbocycles. The SMILES string of the molecule is CCOc1cc(COc2ccc(/C=N/NC(=O)Cc3cccc4ccccc34)cc2OC)ccc1OCc1ccccc1. The Bertz CT molecular complexity index is 1700. The van der Waals surface area contributed by atoms with Gasteiger partial charge in [-0.15, -0.1) is 0 Å². The van der Waals surface area contributed by atoms with Crippen LogP contribution in [0.2, 0.25) is 0 Å². The van der Waals surface area contributed by atoms with Gasteiger partial charge >= 0.3 is 0 Å². The normalized spacial score (nSPS) is 10.9. The molecule has 7 heteroatoms. The number of fused-ring (bicyclic) bond motifs is 1. The Morgan fingerprint density at radius 1 is 0.721 bits per heavy atom. The topological polar surface area (TPSA) is 78.4 Å². The van der Waals surface area contributed by atoms with Crippen molar-refractivity contribution in [2.45, 2.75) is 26.6 Å². The molecule has 0 saturated heterocycles. The first-order chi connectivity index (χ1) is 21.1. The smallest absolute Gasteiger partial charge is 0.244 e. The molecule has 0 unspecified atom stereocenters. The van der Waals surface area contributed by atoms with Crippen molar-refractivity contribution < 1.29 is 23.7 Å². The van der Waals surface area contributed by atoms with Crippen LogP contribution in [0.15, 0.2) is 114 Å². The monoisotopic (exact) mass is 574 g/mol. The minimum atomic E-state index is -0.192. The lowest BCUT2D eigenvalue weighted by atomic mass is 10.0. The maximum Gasteiger partial charge on any atom is 0.244 e. The van der Waals surface area contributed by atoms with Gasteiger partial charge in [-0.1, -0.05) is 78.9 Å². The third-order valence-corrected chi connectivity index (χ3v) is 6.76. The highest BCUT2D eigenvalue weighted by Gasteiger charge is 2.11. The summed E-state index contributed by atoms with van der Waals surface area (Å²) in [4.78, 5) is 12.5. The molecule has 5 aromatic rings. The molecule has 0 radical (unpaired) electrons. The second-order valence-electron chi connectivity index (χ2n) is 9.80. The van der Waals surface area contributed by atoms with Crippen LogP contribution in [0.4, 0.5) is 0 Å². The molecule has 0 aliphatic carbocycles. The molecule has 0 fully saturated rings. The average molecular weight is 575 g/mol. The summed E-state index contributed by atoms with van der Waals surface area (Å²) in [5.74, 6) is 2.30. The first-order valence-electron chi connectivity index (χ1n) is 14.1. The fourth-order valence-electron chi connectivity index (χ4n) is 4.65. The number of rotatable bonds is 13. The maximum atomic E-state index is 12.5. The van der Waals surface area contributed by atoms with E-state index in [1.54, 1.807) is 13.3 Å². The average Bonchev–Trinajstić information content (AvgIpc) is 3.04. The van der Waals surface area contributed by atoms with Crippen molar-refractivity contribution >= 4 is 22.9 Å². The Kier molecular flexibility index (Phi) is 9.88. The summed E-state index contributed by atoms with van der Waals surface area (Å²) < 4.78 is 23.5. The summed E-state index contributed by atoms with van der Waals surface area (Å²) in [7, 11) is 1.58. The Morgan fingerprint density at radius 3 is 2.26 bits per heavy atom. The Labute approximate surface area is 251 Å². The molecule has 43 heavy (non-hydrogen) atoms. The van der Waals surface area contributed by atoms with E-state index in [-0.39, 0.29) is 12.3 Å². The van der Waals surface area contributed by atoms with Crippen LogP contribution in [0.3, 0.4) is 0 Å². The molecule has 0 saturated carbocycles. The maximum absolute atomic E-state index is 12.5. The van der Waals surface area contributed by atoms with Crippen LogP contribution in [-0.2, 0) is 24.4 Å². The fourth-order valence-corrected chi connectivity index (χ4v) is 4.65. The molecule has 0 heterocycles. The summed E-state index contributed by atoms with van der Waals surface area (Å²) in [5, 5.41) is 6.30. The zero-order chi connectivity index (χ0) is 29.9. The second-order valence-corrected chi connectivity index (χ2v) is 9.80. The predicted octanol–water partition coefficient (Wildman–Crippen LogP) is 7.10. The first kappa shape index (κ1) is 29.2. The van der Waals surface area contributed by atoms with Crippen molar-refractivity contribution in [3.63, 3.8) is 0 Å². The van der Waals surface area contributed by atoms with Crippen molar-refractivity contribution in [1.29, 1.82) is 0 Å². The summed E-state index contributed by atoms with van der Waals surface area (Å²) >= 11 is 0. The molecule has 0 aromatic heterocycles. The third kappa shape index (κ3) is 7.92. The minimum absolute atomic E-state index is 0.192. The van der Waals surface area contributed by atoms with Crippen molar-refractivity contribution in [1.82, 2.24) is 5.43 Å². The van der Waals surface area contributed by atoms with Crippen LogP contribution in [0, 0.1) is 0 Å². The van der Waals surface area contributed by atoms with Gasteiger partial charge in [-0.25, -0.2) is 5.43 Å². The second kappa shape index (κ2) is 14.5. The van der Waals surface area contributed by atoms with Gasteiger partial charge in [-0.05, 0) is 70.3 Å². The number of amides is 1. The molecule has 0 atom stereocenters. The van der Waals surface area contributed by atoms with E-state index in [1.165, 1.54) is 0 Å². The molecule has 5 rings (SSSR count). The standard InChI is InChI=1S/C36H34N2O5/c1-3-41-35-21-28(17-19-33(35)42-24-26-10-5-4-6-11-26)25-43-32-18-16-27(20-34(32)40-2)23-37-38-36(39)22-30-14-9-13-29-12-7-8-15-31(29)30/h4-21,23H,3,22,24-25H2,1-2H3,(H,38,39)/b37-23+. The lowest BCUT2D eigenvalue weighted by molar-refractivity contribution is -0.120. The van der Waals surface area contributed by atoms with Gasteiger partial charge in [0, 0.05) is 0 Å². The molecule has 1 amide bonds. The molecule has 0 spiro atoms. The lowest BCUT2D eigenvalue weighted by Crippen LogP contribution is -2.19. The van der Waals surface area contributed by atoms with Gasteiger partial charge in [-0.2, -0.15) is 5.10 Å². The van der Waals surface area contributed by atoms with Crippen LogP contribution in [0.5, 0.6) is 23.0 Å². The van der Waals surface area contributed by atoms with Crippen molar-refractivity contribution in [3.8, 4) is 23.0 Å². The number of hydrogen-bond acceptors (Lipinski definition) is 6. The van der Waals surface area contributed by atoms with Crippen LogP contribution in [0.25, 0.3) is 10.8 Å². The number of nitrogens with one attached hydrogen (secondary N) is 1. The van der Waals surface area contributed by atoms with E-state index in [2.05, 4.69) is 10.5 Å². The molecular formula is C36H34N2O5. The minimum Gasteiger partial charge on any atom is -0.493 e. The van der Waals surface area contributed by atoms with E-state index in [9.17, 15) is 4.79 Å². The third-order valence-electron chi connectivity index (χ3n) is 6.76. The largest absolute Gasteiger partial charge is 0.493 e. The molecule has 0 bridgehead atoms. The quantitative estimate of drug-likeness (QED) is 0.120. The molecule has 1 N–H and O–H groups in total. The molecule has 0 aliphatic rings. The van der Waals surface area contributed by atoms with E-state index in [1.807, 2.05) is 116 Å². The number of carbonyl (C=O) groups is 1. The van der Waals surface area contributed by atoms with Crippen LogP contribution < -0.4 is 24.4 Å². The van der Waals surface area contributed by atoms with Gasteiger partial charge in [0.05, 0.1) is 26.4 Å². The Hall–Kier alpha value is -5.30. The highest BCUT2D eigenvalue weighted by Crippen LogP contribution is 2.32. The molecular weight excluding hydrogens is 540 g/mol. The van der Waals surface area contributed by atoms with Gasteiger partial charge in [0.15, 0.2) is 23.0 Å².